The topological polar surface area (TPSA) is 180 Å². The van der Waals surface area contributed by atoms with E-state index in [1.165, 1.54) is 25.6 Å². The summed E-state index contributed by atoms with van der Waals surface area (Å²) in [5, 5.41) is 11.1. The average molecular weight is 761 g/mol. The second-order valence-electron chi connectivity index (χ2n) is 14.4. The van der Waals surface area contributed by atoms with Crippen LogP contribution in [0.3, 0.4) is 0 Å². The minimum Gasteiger partial charge on any atom is -0.453 e. The molecule has 16 heteroatoms. The highest BCUT2D eigenvalue weighted by molar-refractivity contribution is 7.17. The predicted molar refractivity (Wildman–Crippen MR) is 204 cm³/mol. The summed E-state index contributed by atoms with van der Waals surface area (Å²) in [7, 11) is 2.53. The highest BCUT2D eigenvalue weighted by Gasteiger charge is 2.40. The molecule has 3 aromatic heterocycles. The van der Waals surface area contributed by atoms with Crippen molar-refractivity contribution in [3.05, 3.63) is 53.9 Å². The number of aromatic amines is 1. The number of anilines is 1. The molecule has 5 heterocycles. The van der Waals surface area contributed by atoms with E-state index in [-0.39, 0.29) is 35.6 Å². The lowest BCUT2D eigenvalue weighted by atomic mass is 10.0. The van der Waals surface area contributed by atoms with E-state index in [0.29, 0.717) is 37.4 Å². The van der Waals surface area contributed by atoms with Crippen LogP contribution in [0.1, 0.15) is 65.2 Å². The van der Waals surface area contributed by atoms with Gasteiger partial charge in [-0.3, -0.25) is 14.4 Å². The highest BCUT2D eigenvalue weighted by Crippen LogP contribution is 2.36. The Hall–Kier alpha value is -5.38. The van der Waals surface area contributed by atoms with Crippen molar-refractivity contribution in [2.75, 3.05) is 32.6 Å². The Bertz CT molecular complexity index is 2000. The van der Waals surface area contributed by atoms with Gasteiger partial charge in [0, 0.05) is 35.7 Å². The predicted octanol–water partition coefficient (Wildman–Crippen LogP) is 5.44. The number of imidazole rings is 1. The van der Waals surface area contributed by atoms with Crippen LogP contribution in [0.15, 0.2) is 48.1 Å². The highest BCUT2D eigenvalue weighted by atomic mass is 32.1. The zero-order valence-corrected chi connectivity index (χ0v) is 32.2. The molecule has 0 spiro atoms. The number of methoxy groups -OCH3 is 2. The first-order valence-electron chi connectivity index (χ1n) is 18.3. The number of rotatable bonds is 11. The van der Waals surface area contributed by atoms with Crippen LogP contribution < -0.4 is 16.0 Å². The van der Waals surface area contributed by atoms with Gasteiger partial charge in [-0.15, -0.1) is 11.3 Å². The Morgan fingerprint density at radius 3 is 2.09 bits per heavy atom. The summed E-state index contributed by atoms with van der Waals surface area (Å²) in [5.74, 6) is -0.333. The number of fused-ring (bicyclic) bond motifs is 1. The van der Waals surface area contributed by atoms with Crippen molar-refractivity contribution < 1.29 is 33.4 Å². The van der Waals surface area contributed by atoms with Crippen LogP contribution in [-0.4, -0.2) is 99.7 Å². The third kappa shape index (κ3) is 7.79. The third-order valence-corrected chi connectivity index (χ3v) is 11.2. The van der Waals surface area contributed by atoms with Crippen LogP contribution in [0.25, 0.3) is 27.2 Å². The van der Waals surface area contributed by atoms with Crippen LogP contribution in [0.4, 0.5) is 15.3 Å². The van der Waals surface area contributed by atoms with Gasteiger partial charge in [0.25, 0.3) is 0 Å². The standard InChI is InChI=1S/C38H48N8O7S/c1-21(2)30(42-37(50)52-5)34(48)45-16-7-9-28(45)32-39-19-26(40-32)23-11-13-24(14-12-23)44-18-15-25-27(20-54-36(25)44)41-33(47)29-10-8-17-46(29)35(49)31(22(3)4)43-38(51)53-6/h11-15,18-22,28-31H,7-10,16-17H2,1-6H3,(H,39,40)(H,41,47)(H,42,50)(H,43,51)/t28-,29-,30-,31-/m0/s1. The van der Waals surface area contributed by atoms with Crippen molar-refractivity contribution in [1.82, 2.24) is 35.0 Å². The fourth-order valence-corrected chi connectivity index (χ4v) is 8.27. The summed E-state index contributed by atoms with van der Waals surface area (Å²) in [4.78, 5) is 76.8. The molecule has 6 rings (SSSR count). The third-order valence-electron chi connectivity index (χ3n) is 10.2. The number of carbonyl (C=O) groups is 5. The van der Waals surface area contributed by atoms with E-state index in [9.17, 15) is 24.0 Å². The molecule has 288 valence electrons. The van der Waals surface area contributed by atoms with E-state index in [1.807, 2.05) is 69.6 Å². The normalized spacial score (nSPS) is 18.2. The summed E-state index contributed by atoms with van der Waals surface area (Å²) >= 11 is 1.51. The van der Waals surface area contributed by atoms with Crippen LogP contribution in [-0.2, 0) is 23.9 Å². The summed E-state index contributed by atoms with van der Waals surface area (Å²) in [5.41, 5.74) is 3.36. The molecule has 0 radical (unpaired) electrons. The molecule has 2 fully saturated rings. The van der Waals surface area contributed by atoms with Crippen molar-refractivity contribution in [1.29, 1.82) is 0 Å². The minimum absolute atomic E-state index is 0.119. The second kappa shape index (κ2) is 16.3. The Kier molecular flexibility index (Phi) is 11.6. The van der Waals surface area contributed by atoms with E-state index in [2.05, 4.69) is 30.5 Å². The number of benzene rings is 1. The molecule has 2 saturated heterocycles. The van der Waals surface area contributed by atoms with Gasteiger partial charge >= 0.3 is 12.2 Å². The number of amides is 5. The number of carbonyl (C=O) groups excluding carboxylic acids is 5. The molecule has 4 N–H and O–H groups in total. The maximum atomic E-state index is 13.6. The Balaban J connectivity index is 1.13. The average Bonchev–Trinajstić information content (AvgIpc) is 4.01. The van der Waals surface area contributed by atoms with Crippen molar-refractivity contribution in [2.24, 2.45) is 11.8 Å². The molecule has 4 aromatic rings. The summed E-state index contributed by atoms with van der Waals surface area (Å²) in [6, 6.07) is 7.62. The first kappa shape index (κ1) is 38.3. The van der Waals surface area contributed by atoms with Gasteiger partial charge in [0.15, 0.2) is 0 Å². The first-order chi connectivity index (χ1) is 25.9. The lowest BCUT2D eigenvalue weighted by molar-refractivity contribution is -0.139. The number of H-pyrrole nitrogens is 1. The number of hydrogen-bond acceptors (Lipinski definition) is 9. The van der Waals surface area contributed by atoms with Gasteiger partial charge in [0.1, 0.15) is 28.8 Å². The van der Waals surface area contributed by atoms with Crippen LogP contribution in [0.5, 0.6) is 0 Å². The zero-order chi connectivity index (χ0) is 38.7. The SMILES string of the molecule is COC(=O)N[C@H](C(=O)N1CCC[C@H]1C(=O)Nc1csc2c1ccn2-c1ccc(-c2cnc([C@@H]3CCCN3C(=O)[C@@H](NC(=O)OC)C(C)C)[nH]2)cc1)C(C)C. The Labute approximate surface area is 317 Å². The van der Waals surface area contributed by atoms with E-state index in [1.54, 1.807) is 16.0 Å². The number of alkyl carbamates (subject to hydrolysis) is 2. The van der Waals surface area contributed by atoms with Gasteiger partial charge in [0.2, 0.25) is 17.7 Å². The Morgan fingerprint density at radius 1 is 0.852 bits per heavy atom. The first-order valence-corrected chi connectivity index (χ1v) is 19.1. The quantitative estimate of drug-likeness (QED) is 0.156. The van der Waals surface area contributed by atoms with Gasteiger partial charge in [-0.05, 0) is 61.3 Å². The lowest BCUT2D eigenvalue weighted by Gasteiger charge is -2.30. The van der Waals surface area contributed by atoms with Crippen LogP contribution >= 0.6 is 11.3 Å². The molecule has 0 aliphatic carbocycles. The van der Waals surface area contributed by atoms with Gasteiger partial charge in [-0.1, -0.05) is 39.8 Å². The molecule has 2 aliphatic rings. The van der Waals surface area contributed by atoms with Gasteiger partial charge in [-0.25, -0.2) is 14.6 Å². The molecule has 5 amide bonds. The molecule has 15 nitrogen and oxygen atoms in total. The largest absolute Gasteiger partial charge is 0.453 e. The molecule has 1 aromatic carbocycles. The molecule has 0 unspecified atom stereocenters. The van der Waals surface area contributed by atoms with Crippen LogP contribution in [0.2, 0.25) is 0 Å². The van der Waals surface area contributed by atoms with Gasteiger partial charge < -0.3 is 44.8 Å². The molecular weight excluding hydrogens is 713 g/mol. The van der Waals surface area contributed by atoms with Gasteiger partial charge in [0.05, 0.1) is 37.8 Å². The fourth-order valence-electron chi connectivity index (χ4n) is 7.27. The summed E-state index contributed by atoms with van der Waals surface area (Å²) < 4.78 is 11.5. The molecule has 0 saturated carbocycles. The van der Waals surface area contributed by atoms with E-state index < -0.39 is 30.3 Å². The molecule has 54 heavy (non-hydrogen) atoms. The molecule has 2 aliphatic heterocycles. The van der Waals surface area contributed by atoms with E-state index >= 15 is 0 Å². The van der Waals surface area contributed by atoms with Crippen molar-refractivity contribution >= 4 is 57.1 Å². The second-order valence-corrected chi connectivity index (χ2v) is 15.2. The Morgan fingerprint density at radius 2 is 1.46 bits per heavy atom. The van der Waals surface area contributed by atoms with E-state index in [4.69, 9.17) is 9.47 Å². The monoisotopic (exact) mass is 760 g/mol. The number of hydrogen-bond donors (Lipinski definition) is 4. The maximum Gasteiger partial charge on any atom is 0.407 e. The van der Waals surface area contributed by atoms with Crippen molar-refractivity contribution in [2.45, 2.75) is 77.5 Å². The zero-order valence-electron chi connectivity index (χ0n) is 31.4. The van der Waals surface area contributed by atoms with Crippen molar-refractivity contribution in [3.8, 4) is 16.9 Å². The smallest absolute Gasteiger partial charge is 0.407 e. The number of aromatic nitrogens is 3. The molecule has 0 bridgehead atoms. The molecular formula is C38H48N8O7S. The number of nitrogens with zero attached hydrogens (tertiary/aromatic N) is 4. The fraction of sp³-hybridized carbons (Fsp3) is 0.474. The number of nitrogens with one attached hydrogen (secondary N) is 4. The number of ether oxygens (including phenoxy) is 2. The summed E-state index contributed by atoms with van der Waals surface area (Å²) in [6.45, 7) is 8.46. The number of thiophene rings is 1. The van der Waals surface area contributed by atoms with Crippen LogP contribution in [0, 0.1) is 11.8 Å². The maximum absolute atomic E-state index is 13.6. The van der Waals surface area contributed by atoms with E-state index in [0.717, 1.165) is 40.0 Å². The van der Waals surface area contributed by atoms with Gasteiger partial charge in [-0.2, -0.15) is 0 Å². The number of likely N-dealkylation sites (tertiary alicyclic amines) is 2. The summed E-state index contributed by atoms with van der Waals surface area (Å²) in [6.07, 6.45) is 5.22. The molecule has 4 atom stereocenters. The lowest BCUT2D eigenvalue weighted by Crippen LogP contribution is -2.54. The minimum atomic E-state index is -0.802. The van der Waals surface area contributed by atoms with Crippen molar-refractivity contribution in [3.63, 3.8) is 0 Å².